The molecule has 0 unspecified atom stereocenters. The molecule has 0 fully saturated rings. The second-order valence-corrected chi connectivity index (χ2v) is 18.4. The molecule has 0 saturated carbocycles. The van der Waals surface area contributed by atoms with Crippen LogP contribution in [-0.2, 0) is 10.8 Å². The Labute approximate surface area is 360 Å². The second-order valence-electron chi connectivity index (χ2n) is 18.4. The van der Waals surface area contributed by atoms with Gasteiger partial charge in [0.15, 0.2) is 0 Å². The van der Waals surface area contributed by atoms with Crippen molar-refractivity contribution >= 4 is 43.9 Å². The average molecular weight is 795 g/mol. The average Bonchev–Trinajstić information content (AvgIpc) is 4.01. The highest BCUT2D eigenvalue weighted by Crippen LogP contribution is 2.61. The van der Waals surface area contributed by atoms with Gasteiger partial charge in [-0.05, 0) is 126 Å². The van der Waals surface area contributed by atoms with Crippen molar-refractivity contribution in [3.8, 4) is 66.8 Å². The number of hydrogen-bond acceptors (Lipinski definition) is 2. The van der Waals surface area contributed by atoms with E-state index in [0.29, 0.717) is 0 Å². The van der Waals surface area contributed by atoms with Gasteiger partial charge in [-0.1, -0.05) is 161 Å². The number of furan rings is 2. The van der Waals surface area contributed by atoms with Crippen LogP contribution in [0.2, 0.25) is 0 Å². The lowest BCUT2D eigenvalue weighted by molar-refractivity contribution is 0.648. The van der Waals surface area contributed by atoms with Crippen LogP contribution in [-0.4, -0.2) is 0 Å². The summed E-state index contributed by atoms with van der Waals surface area (Å²) >= 11 is 0. The smallest absolute Gasteiger partial charge is 0.144 e. The normalized spacial score (nSPS) is 14.4. The fourth-order valence-electron chi connectivity index (χ4n) is 11.1. The highest BCUT2D eigenvalue weighted by atomic mass is 16.3. The van der Waals surface area contributed by atoms with E-state index in [-0.39, 0.29) is 10.8 Å². The third kappa shape index (κ3) is 4.81. The van der Waals surface area contributed by atoms with Crippen LogP contribution in [0, 0.1) is 0 Å². The van der Waals surface area contributed by atoms with Gasteiger partial charge in [-0.15, -0.1) is 0 Å². The topological polar surface area (TPSA) is 26.3 Å². The maximum Gasteiger partial charge on any atom is 0.144 e. The zero-order valence-corrected chi connectivity index (χ0v) is 35.1. The van der Waals surface area contributed by atoms with Crippen molar-refractivity contribution in [1.29, 1.82) is 0 Å². The lowest BCUT2D eigenvalue weighted by Gasteiger charge is -2.24. The third-order valence-electron chi connectivity index (χ3n) is 14.3. The van der Waals surface area contributed by atoms with E-state index >= 15 is 0 Å². The van der Waals surface area contributed by atoms with Gasteiger partial charge in [0.05, 0.1) is 0 Å². The summed E-state index contributed by atoms with van der Waals surface area (Å²) in [6.45, 7) is 9.57. The summed E-state index contributed by atoms with van der Waals surface area (Å²) in [7, 11) is 0. The van der Waals surface area contributed by atoms with E-state index < -0.39 is 0 Å². The van der Waals surface area contributed by atoms with Crippen LogP contribution in [0.3, 0.4) is 0 Å². The number of fused-ring (bicyclic) bond motifs is 14. The molecule has 2 aliphatic rings. The largest absolute Gasteiger partial charge is 0.455 e. The van der Waals surface area contributed by atoms with Crippen LogP contribution in [0.4, 0.5) is 0 Å². The van der Waals surface area contributed by atoms with E-state index in [1.807, 2.05) is 0 Å². The fourth-order valence-corrected chi connectivity index (χ4v) is 11.1. The summed E-state index contributed by atoms with van der Waals surface area (Å²) in [4.78, 5) is 0. The Morgan fingerprint density at radius 2 is 0.661 bits per heavy atom. The van der Waals surface area contributed by atoms with Crippen molar-refractivity contribution in [2.45, 2.75) is 38.5 Å². The molecule has 11 aromatic rings. The maximum absolute atomic E-state index is 7.04. The summed E-state index contributed by atoms with van der Waals surface area (Å²) in [5.41, 5.74) is 22.9. The van der Waals surface area contributed by atoms with E-state index in [1.54, 1.807) is 0 Å². The van der Waals surface area contributed by atoms with E-state index in [1.165, 1.54) is 99.8 Å². The first kappa shape index (κ1) is 35.3. The van der Waals surface area contributed by atoms with Crippen molar-refractivity contribution < 1.29 is 8.83 Å². The van der Waals surface area contributed by atoms with Crippen molar-refractivity contribution in [1.82, 2.24) is 0 Å². The van der Waals surface area contributed by atoms with Gasteiger partial charge < -0.3 is 8.83 Å². The van der Waals surface area contributed by atoms with E-state index in [9.17, 15) is 0 Å². The zero-order valence-electron chi connectivity index (χ0n) is 35.1. The number of rotatable bonds is 4. The molecule has 2 aromatic heterocycles. The fraction of sp³-hybridized carbons (Fsp3) is 0.100. The van der Waals surface area contributed by atoms with E-state index in [0.717, 1.165) is 33.1 Å². The molecule has 9 aromatic carbocycles. The molecule has 0 bridgehead atoms. The Bertz CT molecular complexity index is 3430. The Morgan fingerprint density at radius 1 is 0.306 bits per heavy atom. The Balaban J connectivity index is 1.06. The van der Waals surface area contributed by atoms with Crippen molar-refractivity contribution in [3.63, 3.8) is 0 Å². The zero-order chi connectivity index (χ0) is 41.5. The molecule has 2 nitrogen and oxygen atoms in total. The third-order valence-corrected chi connectivity index (χ3v) is 14.3. The molecule has 0 spiro atoms. The molecular weight excluding hydrogens is 753 g/mol. The molecule has 0 saturated heterocycles. The van der Waals surface area contributed by atoms with E-state index in [4.69, 9.17) is 8.83 Å². The monoisotopic (exact) mass is 794 g/mol. The lowest BCUT2D eigenvalue weighted by Crippen LogP contribution is -2.17. The first-order valence-corrected chi connectivity index (χ1v) is 21.7. The molecule has 2 heterocycles. The molecule has 294 valence electrons. The molecular formula is C60H42O2. The predicted octanol–water partition coefficient (Wildman–Crippen LogP) is 16.8. The van der Waals surface area contributed by atoms with Crippen LogP contribution < -0.4 is 0 Å². The Kier molecular flexibility index (Phi) is 7.16. The summed E-state index contributed by atoms with van der Waals surface area (Å²) < 4.78 is 14.1. The van der Waals surface area contributed by atoms with Crippen LogP contribution >= 0.6 is 0 Å². The van der Waals surface area contributed by atoms with Gasteiger partial charge in [0.1, 0.15) is 22.3 Å². The molecule has 13 rings (SSSR count). The van der Waals surface area contributed by atoms with Gasteiger partial charge in [-0.3, -0.25) is 0 Å². The molecule has 0 N–H and O–H groups in total. The summed E-state index contributed by atoms with van der Waals surface area (Å²) in [5, 5.41) is 4.62. The molecule has 0 atom stereocenters. The summed E-state index contributed by atoms with van der Waals surface area (Å²) in [6.07, 6.45) is 0. The van der Waals surface area contributed by atoms with Crippen LogP contribution in [0.1, 0.15) is 49.9 Å². The number of hydrogen-bond donors (Lipinski definition) is 0. The molecule has 62 heavy (non-hydrogen) atoms. The predicted molar refractivity (Wildman–Crippen MR) is 258 cm³/mol. The van der Waals surface area contributed by atoms with Crippen molar-refractivity contribution in [2.75, 3.05) is 0 Å². The number of para-hydroxylation sites is 2. The molecule has 0 aliphatic heterocycles. The SMILES string of the molecule is CC1(C)c2cc3c(cc2-c2c1cc(-c1cccc(-c4ccccc4)c1)c1c2oc2ccccc21)C(C)(C)c1cc(-c2cccc(-c4ccccc4)c2)c2c(oc4ccccc42)c1-3. The maximum atomic E-state index is 7.04. The summed E-state index contributed by atoms with van der Waals surface area (Å²) in [6, 6.07) is 66.4. The minimum absolute atomic E-state index is 0.309. The molecule has 0 radical (unpaired) electrons. The van der Waals surface area contributed by atoms with E-state index in [2.05, 4.69) is 210 Å². The standard InChI is InChI=1S/C60H42O2/c1-59(2)47-33-46-48(34-45(47)55-49(59)31-43(53-41-25-11-13-27-51(41)61-57(53)55)39-23-15-21-37(29-39)35-17-7-5-8-18-35)60(3,4)50-32-44(40-24-16-22-38(30-40)36-19-9-6-10-20-36)54-42-26-12-14-28-52(42)62-58(54)56(46)50/h5-34H,1-4H3. The second kappa shape index (κ2) is 12.6. The highest BCUT2D eigenvalue weighted by molar-refractivity contribution is 6.20. The minimum atomic E-state index is -0.309. The Morgan fingerprint density at radius 3 is 1.10 bits per heavy atom. The highest BCUT2D eigenvalue weighted by Gasteiger charge is 2.45. The van der Waals surface area contributed by atoms with Crippen LogP contribution in [0.5, 0.6) is 0 Å². The summed E-state index contributed by atoms with van der Waals surface area (Å²) in [5.74, 6) is 0. The molecule has 2 heteroatoms. The van der Waals surface area contributed by atoms with Gasteiger partial charge in [-0.25, -0.2) is 0 Å². The van der Waals surface area contributed by atoms with Crippen LogP contribution in [0.25, 0.3) is 111 Å². The quantitative estimate of drug-likeness (QED) is 0.177. The molecule has 2 aliphatic carbocycles. The van der Waals surface area contributed by atoms with Gasteiger partial charge in [-0.2, -0.15) is 0 Å². The minimum Gasteiger partial charge on any atom is -0.455 e. The van der Waals surface area contributed by atoms with Gasteiger partial charge >= 0.3 is 0 Å². The van der Waals surface area contributed by atoms with Gasteiger partial charge in [0.25, 0.3) is 0 Å². The van der Waals surface area contributed by atoms with Crippen molar-refractivity contribution in [2.24, 2.45) is 0 Å². The van der Waals surface area contributed by atoms with Gasteiger partial charge in [0, 0.05) is 43.5 Å². The Hall–Kier alpha value is -7.42. The van der Waals surface area contributed by atoms with Crippen molar-refractivity contribution in [3.05, 3.63) is 204 Å². The first-order valence-electron chi connectivity index (χ1n) is 21.7. The molecule has 0 amide bonds. The van der Waals surface area contributed by atoms with Gasteiger partial charge in [0.2, 0.25) is 0 Å². The van der Waals surface area contributed by atoms with Crippen LogP contribution in [0.15, 0.2) is 191 Å². The first-order chi connectivity index (χ1) is 30.3. The number of benzene rings is 9. The lowest BCUT2D eigenvalue weighted by atomic mass is 9.78.